The molecule has 0 amide bonds. The van der Waals surface area contributed by atoms with Gasteiger partial charge in [-0.05, 0) is 58.1 Å². The quantitative estimate of drug-likeness (QED) is 0.720. The van der Waals surface area contributed by atoms with Crippen molar-refractivity contribution in [3.8, 4) is 0 Å². The summed E-state index contributed by atoms with van der Waals surface area (Å²) in [5.74, 6) is 0.103. The summed E-state index contributed by atoms with van der Waals surface area (Å²) < 4.78 is 7.60. The molecule has 1 aromatic heterocycles. The van der Waals surface area contributed by atoms with Gasteiger partial charge in [0, 0.05) is 23.4 Å². The van der Waals surface area contributed by atoms with Gasteiger partial charge in [0.05, 0.1) is 30.5 Å². The van der Waals surface area contributed by atoms with Crippen molar-refractivity contribution < 1.29 is 19.7 Å². The molecule has 1 aromatic carbocycles. The van der Waals surface area contributed by atoms with Gasteiger partial charge in [-0.3, -0.25) is 4.90 Å². The fraction of sp³-hybridized carbons (Fsp3) is 0.560. The van der Waals surface area contributed by atoms with Crippen LogP contribution in [0.25, 0.3) is 10.9 Å². The average molecular weight is 425 g/mol. The number of benzene rings is 1. The summed E-state index contributed by atoms with van der Waals surface area (Å²) in [6.45, 7) is 8.43. The molecule has 4 bridgehead atoms. The van der Waals surface area contributed by atoms with Crippen LogP contribution in [0.15, 0.2) is 35.9 Å². The minimum atomic E-state index is -0.584. The Morgan fingerprint density at radius 2 is 1.97 bits per heavy atom. The number of hydrogen-bond acceptors (Lipinski definition) is 5. The highest BCUT2D eigenvalue weighted by Crippen LogP contribution is 2.59. The second kappa shape index (κ2) is 6.92. The molecule has 1 unspecified atom stereocenters. The number of hydrogen-bond donors (Lipinski definition) is 2. The van der Waals surface area contributed by atoms with Crippen LogP contribution in [0.4, 0.5) is 4.79 Å². The van der Waals surface area contributed by atoms with E-state index < -0.39 is 11.0 Å². The molecule has 0 spiro atoms. The average Bonchev–Trinajstić information content (AvgIpc) is 3.07. The molecular formula is C25H32N2O4. The zero-order valence-electron chi connectivity index (χ0n) is 18.8. The number of ether oxygens (including phenoxy) is 1. The molecule has 0 radical (unpaired) electrons. The molecule has 6 nitrogen and oxygen atoms in total. The minimum absolute atomic E-state index is 0.0420. The number of carbonyl (C=O) groups excluding carboxylic acids is 1. The Morgan fingerprint density at radius 1 is 1.26 bits per heavy atom. The lowest BCUT2D eigenvalue weighted by atomic mass is 9.55. The van der Waals surface area contributed by atoms with Gasteiger partial charge in [-0.2, -0.15) is 0 Å². The van der Waals surface area contributed by atoms with Crippen LogP contribution in [-0.4, -0.2) is 57.2 Å². The van der Waals surface area contributed by atoms with Gasteiger partial charge in [0.1, 0.15) is 5.60 Å². The second-order valence-electron chi connectivity index (χ2n) is 10.3. The molecule has 4 aliphatic heterocycles. The highest BCUT2D eigenvalue weighted by Gasteiger charge is 2.61. The van der Waals surface area contributed by atoms with Crippen LogP contribution in [0.5, 0.6) is 0 Å². The molecule has 3 saturated heterocycles. The van der Waals surface area contributed by atoms with Crippen LogP contribution in [0.2, 0.25) is 0 Å². The van der Waals surface area contributed by atoms with Gasteiger partial charge in [0.2, 0.25) is 0 Å². The van der Waals surface area contributed by atoms with E-state index in [2.05, 4.69) is 17.0 Å². The Morgan fingerprint density at radius 3 is 2.61 bits per heavy atom. The van der Waals surface area contributed by atoms with Crippen LogP contribution in [0, 0.1) is 11.3 Å². The van der Waals surface area contributed by atoms with Crippen molar-refractivity contribution >= 4 is 17.0 Å². The van der Waals surface area contributed by atoms with Gasteiger partial charge in [-0.1, -0.05) is 29.8 Å². The van der Waals surface area contributed by atoms with Crippen LogP contribution in [0.1, 0.15) is 51.4 Å². The summed E-state index contributed by atoms with van der Waals surface area (Å²) in [5, 5.41) is 22.0. The Labute approximate surface area is 183 Å². The zero-order chi connectivity index (χ0) is 22.1. The van der Waals surface area contributed by atoms with Crippen molar-refractivity contribution in [2.24, 2.45) is 11.3 Å². The summed E-state index contributed by atoms with van der Waals surface area (Å²) in [7, 11) is 0. The lowest BCUT2D eigenvalue weighted by Crippen LogP contribution is -2.68. The standard InChI is InChI=1S/C25H32N2O4/c1-5-15-12-26-20-11-18(15)25(13-28,14-29)21(26)10-17-16-8-6-7-9-19(16)27(22(17)20)23(30)31-24(2,3)4/h5-9,18,20-21,28-29H,10-14H2,1-4H3/b15-5-/t18-,20-,21-/m0/s1. The highest BCUT2D eigenvalue weighted by molar-refractivity contribution is 5.94. The maximum atomic E-state index is 13.4. The van der Waals surface area contributed by atoms with Crippen molar-refractivity contribution in [3.63, 3.8) is 0 Å². The molecule has 0 saturated carbocycles. The Kier molecular flexibility index (Phi) is 4.63. The number of nitrogens with zero attached hydrogens (tertiary/aromatic N) is 2. The van der Waals surface area contributed by atoms with E-state index in [0.717, 1.165) is 35.1 Å². The normalized spacial score (nSPS) is 29.9. The van der Waals surface area contributed by atoms with E-state index in [4.69, 9.17) is 4.74 Å². The Hall–Kier alpha value is -2.15. The monoisotopic (exact) mass is 424 g/mol. The third kappa shape index (κ3) is 2.78. The van der Waals surface area contributed by atoms with Gasteiger partial charge in [-0.25, -0.2) is 9.36 Å². The van der Waals surface area contributed by atoms with E-state index in [-0.39, 0.29) is 37.3 Å². The third-order valence-corrected chi connectivity index (χ3v) is 7.70. The van der Waals surface area contributed by atoms with Crippen molar-refractivity contribution in [1.29, 1.82) is 0 Å². The number of aliphatic hydroxyl groups excluding tert-OH is 2. The third-order valence-electron chi connectivity index (χ3n) is 7.70. The van der Waals surface area contributed by atoms with E-state index in [1.807, 2.05) is 45.9 Å². The van der Waals surface area contributed by atoms with Crippen molar-refractivity contribution in [1.82, 2.24) is 9.47 Å². The minimum Gasteiger partial charge on any atom is -0.443 e. The summed E-state index contributed by atoms with van der Waals surface area (Å²) in [6, 6.07) is 8.12. The van der Waals surface area contributed by atoms with E-state index >= 15 is 0 Å². The highest BCUT2D eigenvalue weighted by atomic mass is 16.6. The summed E-state index contributed by atoms with van der Waals surface area (Å²) in [6.07, 6.45) is 3.28. The van der Waals surface area contributed by atoms with Gasteiger partial charge in [0.15, 0.2) is 0 Å². The number of carbonyl (C=O) groups is 1. The van der Waals surface area contributed by atoms with Crippen molar-refractivity contribution in [2.45, 2.75) is 58.2 Å². The second-order valence-corrected chi connectivity index (χ2v) is 10.3. The fourth-order valence-corrected chi connectivity index (χ4v) is 6.39. The van der Waals surface area contributed by atoms with Gasteiger partial charge >= 0.3 is 6.09 Å². The molecule has 4 aliphatic rings. The predicted octanol–water partition coefficient (Wildman–Crippen LogP) is 3.64. The van der Waals surface area contributed by atoms with Crippen LogP contribution in [-0.2, 0) is 11.2 Å². The maximum Gasteiger partial charge on any atom is 0.419 e. The number of para-hydroxylation sites is 1. The molecule has 2 aromatic rings. The number of piperidine rings is 3. The number of rotatable bonds is 2. The first-order valence-corrected chi connectivity index (χ1v) is 11.2. The zero-order valence-corrected chi connectivity index (χ0v) is 18.8. The first-order valence-electron chi connectivity index (χ1n) is 11.2. The largest absolute Gasteiger partial charge is 0.443 e. The maximum absolute atomic E-state index is 13.4. The molecule has 166 valence electrons. The van der Waals surface area contributed by atoms with Crippen molar-refractivity contribution in [3.05, 3.63) is 47.2 Å². The van der Waals surface area contributed by atoms with E-state index in [9.17, 15) is 15.0 Å². The molecular weight excluding hydrogens is 392 g/mol. The number of aliphatic hydroxyl groups is 2. The number of fused-ring (bicyclic) bond motifs is 4. The predicted molar refractivity (Wildman–Crippen MR) is 119 cm³/mol. The van der Waals surface area contributed by atoms with Crippen LogP contribution in [0.3, 0.4) is 0 Å². The smallest absolute Gasteiger partial charge is 0.419 e. The van der Waals surface area contributed by atoms with Crippen molar-refractivity contribution in [2.75, 3.05) is 19.8 Å². The van der Waals surface area contributed by atoms with E-state index in [1.54, 1.807) is 4.57 Å². The molecule has 6 rings (SSSR count). The molecule has 0 aliphatic carbocycles. The van der Waals surface area contributed by atoms with Crippen LogP contribution < -0.4 is 0 Å². The number of allylic oxidation sites excluding steroid dienone is 1. The van der Waals surface area contributed by atoms with Gasteiger partial charge < -0.3 is 14.9 Å². The number of aromatic nitrogens is 1. The first kappa shape index (κ1) is 20.7. The summed E-state index contributed by atoms with van der Waals surface area (Å²) >= 11 is 0. The lowest BCUT2D eigenvalue weighted by molar-refractivity contribution is -0.141. The molecule has 3 fully saturated rings. The first-order chi connectivity index (χ1) is 14.8. The molecule has 2 N–H and O–H groups in total. The van der Waals surface area contributed by atoms with Gasteiger partial charge in [-0.15, -0.1) is 0 Å². The van der Waals surface area contributed by atoms with E-state index in [0.29, 0.717) is 6.42 Å². The van der Waals surface area contributed by atoms with Gasteiger partial charge in [0.25, 0.3) is 0 Å². The summed E-state index contributed by atoms with van der Waals surface area (Å²) in [5.41, 5.74) is 3.18. The molecule has 31 heavy (non-hydrogen) atoms. The lowest BCUT2D eigenvalue weighted by Gasteiger charge is -2.63. The summed E-state index contributed by atoms with van der Waals surface area (Å²) in [4.78, 5) is 15.8. The fourth-order valence-electron chi connectivity index (χ4n) is 6.39. The Bertz CT molecular complexity index is 1070. The molecule has 6 heteroatoms. The van der Waals surface area contributed by atoms with Crippen LogP contribution >= 0.6 is 0 Å². The topological polar surface area (TPSA) is 74.9 Å². The molecule has 5 heterocycles. The van der Waals surface area contributed by atoms with E-state index in [1.165, 1.54) is 5.57 Å². The SMILES string of the molecule is C/C=C1/CN2[C@H]3Cc4c(n(C(=O)OC(C)(C)C)c5ccccc45)[C@@H]2C[C@@H]1C3(CO)CO. The Balaban J connectivity index is 1.73. The molecule has 4 atom stereocenters.